The van der Waals surface area contributed by atoms with Crippen LogP contribution in [0.3, 0.4) is 0 Å². The van der Waals surface area contributed by atoms with Gasteiger partial charge in [0, 0.05) is 25.3 Å². The molecule has 0 spiro atoms. The van der Waals surface area contributed by atoms with Crippen LogP contribution in [0.1, 0.15) is 38.3 Å². The van der Waals surface area contributed by atoms with Crippen molar-refractivity contribution in [2.75, 3.05) is 18.0 Å². The van der Waals surface area contributed by atoms with Gasteiger partial charge in [0.2, 0.25) is 0 Å². The Bertz CT molecular complexity index is 345. The Labute approximate surface area is 97.7 Å². The molecular weight excluding hydrogens is 198 g/mol. The van der Waals surface area contributed by atoms with Crippen molar-refractivity contribution in [2.45, 2.75) is 32.7 Å². The van der Waals surface area contributed by atoms with Crippen LogP contribution in [0.5, 0.6) is 0 Å². The minimum atomic E-state index is 0.0846. The zero-order chi connectivity index (χ0) is 11.5. The van der Waals surface area contributed by atoms with E-state index in [1.807, 2.05) is 19.2 Å². The van der Waals surface area contributed by atoms with Crippen molar-refractivity contribution in [3.63, 3.8) is 0 Å². The molecule has 1 aromatic rings. The van der Waals surface area contributed by atoms with Gasteiger partial charge in [-0.3, -0.25) is 0 Å². The molecule has 1 heterocycles. The molecule has 2 rings (SSSR count). The van der Waals surface area contributed by atoms with Gasteiger partial charge in [-0.2, -0.15) is 0 Å². The highest BCUT2D eigenvalue weighted by molar-refractivity contribution is 5.41. The monoisotopic (exact) mass is 219 g/mol. The van der Waals surface area contributed by atoms with E-state index in [-0.39, 0.29) is 6.04 Å². The third-order valence-corrected chi connectivity index (χ3v) is 3.18. The molecule has 0 aromatic carbocycles. The lowest BCUT2D eigenvalue weighted by Crippen LogP contribution is -2.26. The Balaban J connectivity index is 2.12. The van der Waals surface area contributed by atoms with E-state index in [0.717, 1.165) is 24.8 Å². The number of aromatic nitrogens is 1. The topological polar surface area (TPSA) is 42.1 Å². The first-order valence-electron chi connectivity index (χ1n) is 6.17. The first kappa shape index (κ1) is 11.4. The molecule has 16 heavy (non-hydrogen) atoms. The Hall–Kier alpha value is -1.09. The van der Waals surface area contributed by atoms with Gasteiger partial charge >= 0.3 is 0 Å². The molecule has 1 atom stereocenters. The van der Waals surface area contributed by atoms with E-state index in [9.17, 15) is 0 Å². The molecular formula is C13H21N3. The SMILES string of the molecule is CCN(CC1CC1)c1cc([C@@H](C)N)ccn1. The second-order valence-electron chi connectivity index (χ2n) is 4.72. The number of anilines is 1. The Morgan fingerprint density at radius 3 is 2.88 bits per heavy atom. The number of nitrogens with two attached hydrogens (primary N) is 1. The van der Waals surface area contributed by atoms with Gasteiger partial charge in [0.25, 0.3) is 0 Å². The van der Waals surface area contributed by atoms with Gasteiger partial charge in [-0.15, -0.1) is 0 Å². The van der Waals surface area contributed by atoms with Gasteiger partial charge < -0.3 is 10.6 Å². The highest BCUT2D eigenvalue weighted by atomic mass is 15.2. The third-order valence-electron chi connectivity index (χ3n) is 3.18. The number of pyridine rings is 1. The number of nitrogens with zero attached hydrogens (tertiary/aromatic N) is 2. The first-order valence-corrected chi connectivity index (χ1v) is 6.17. The summed E-state index contributed by atoms with van der Waals surface area (Å²) in [4.78, 5) is 6.79. The second kappa shape index (κ2) is 4.83. The Kier molecular flexibility index (Phi) is 3.44. The maximum Gasteiger partial charge on any atom is 0.128 e. The molecule has 0 saturated heterocycles. The molecule has 1 aromatic heterocycles. The summed E-state index contributed by atoms with van der Waals surface area (Å²) in [5.74, 6) is 1.96. The van der Waals surface area contributed by atoms with E-state index in [1.165, 1.54) is 18.4 Å². The normalized spacial score (nSPS) is 17.2. The van der Waals surface area contributed by atoms with Crippen molar-refractivity contribution in [3.05, 3.63) is 23.9 Å². The van der Waals surface area contributed by atoms with Gasteiger partial charge in [0.15, 0.2) is 0 Å². The summed E-state index contributed by atoms with van der Waals surface area (Å²) in [6.07, 6.45) is 4.62. The van der Waals surface area contributed by atoms with E-state index in [4.69, 9.17) is 5.73 Å². The van der Waals surface area contributed by atoms with Crippen molar-refractivity contribution in [2.24, 2.45) is 11.7 Å². The largest absolute Gasteiger partial charge is 0.357 e. The van der Waals surface area contributed by atoms with Crippen molar-refractivity contribution in [1.29, 1.82) is 0 Å². The van der Waals surface area contributed by atoms with E-state index in [0.29, 0.717) is 0 Å². The summed E-state index contributed by atoms with van der Waals surface area (Å²) in [6.45, 7) is 6.36. The van der Waals surface area contributed by atoms with Gasteiger partial charge in [-0.1, -0.05) is 0 Å². The van der Waals surface area contributed by atoms with Crippen molar-refractivity contribution >= 4 is 5.82 Å². The summed E-state index contributed by atoms with van der Waals surface area (Å²) in [5.41, 5.74) is 7.06. The van der Waals surface area contributed by atoms with Crippen LogP contribution in [0.4, 0.5) is 5.82 Å². The number of hydrogen-bond acceptors (Lipinski definition) is 3. The molecule has 2 N–H and O–H groups in total. The van der Waals surface area contributed by atoms with Crippen molar-refractivity contribution in [3.8, 4) is 0 Å². The third kappa shape index (κ3) is 2.73. The molecule has 1 aliphatic rings. The average molecular weight is 219 g/mol. The predicted octanol–water partition coefficient (Wildman–Crippen LogP) is 2.34. The summed E-state index contributed by atoms with van der Waals surface area (Å²) >= 11 is 0. The van der Waals surface area contributed by atoms with Crippen LogP contribution < -0.4 is 10.6 Å². The van der Waals surface area contributed by atoms with Gasteiger partial charge in [-0.25, -0.2) is 4.98 Å². The lowest BCUT2D eigenvalue weighted by molar-refractivity contribution is 0.728. The highest BCUT2D eigenvalue weighted by Crippen LogP contribution is 2.31. The van der Waals surface area contributed by atoms with E-state index in [2.05, 4.69) is 22.9 Å². The Morgan fingerprint density at radius 1 is 1.56 bits per heavy atom. The number of hydrogen-bond donors (Lipinski definition) is 1. The minimum absolute atomic E-state index is 0.0846. The molecule has 0 radical (unpaired) electrons. The van der Waals surface area contributed by atoms with Crippen LogP contribution in [-0.2, 0) is 0 Å². The van der Waals surface area contributed by atoms with Gasteiger partial charge in [0.1, 0.15) is 5.82 Å². The molecule has 3 nitrogen and oxygen atoms in total. The summed E-state index contributed by atoms with van der Waals surface area (Å²) < 4.78 is 0. The maximum absolute atomic E-state index is 5.89. The zero-order valence-electron chi connectivity index (χ0n) is 10.2. The molecule has 0 bridgehead atoms. The van der Waals surface area contributed by atoms with Crippen LogP contribution in [0.15, 0.2) is 18.3 Å². The summed E-state index contributed by atoms with van der Waals surface area (Å²) in [5, 5.41) is 0. The van der Waals surface area contributed by atoms with Crippen LogP contribution in [0.2, 0.25) is 0 Å². The predicted molar refractivity (Wildman–Crippen MR) is 67.5 cm³/mol. The standard InChI is InChI=1S/C13H21N3/c1-3-16(9-11-4-5-11)13-8-12(10(2)14)6-7-15-13/h6-8,10-11H,3-5,9,14H2,1-2H3/t10-/m1/s1. The molecule has 0 unspecified atom stereocenters. The quantitative estimate of drug-likeness (QED) is 0.826. The van der Waals surface area contributed by atoms with Crippen LogP contribution in [0, 0.1) is 5.92 Å². The van der Waals surface area contributed by atoms with E-state index in [1.54, 1.807) is 0 Å². The second-order valence-corrected chi connectivity index (χ2v) is 4.72. The molecule has 0 amide bonds. The van der Waals surface area contributed by atoms with Crippen LogP contribution in [-0.4, -0.2) is 18.1 Å². The fourth-order valence-corrected chi connectivity index (χ4v) is 1.89. The molecule has 3 heteroatoms. The van der Waals surface area contributed by atoms with Crippen molar-refractivity contribution in [1.82, 2.24) is 4.98 Å². The molecule has 1 fully saturated rings. The van der Waals surface area contributed by atoms with E-state index < -0.39 is 0 Å². The van der Waals surface area contributed by atoms with Gasteiger partial charge in [0.05, 0.1) is 0 Å². The minimum Gasteiger partial charge on any atom is -0.357 e. The first-order chi connectivity index (χ1) is 7.70. The van der Waals surface area contributed by atoms with Crippen molar-refractivity contribution < 1.29 is 0 Å². The smallest absolute Gasteiger partial charge is 0.128 e. The fourth-order valence-electron chi connectivity index (χ4n) is 1.89. The van der Waals surface area contributed by atoms with Gasteiger partial charge in [-0.05, 0) is 50.3 Å². The van der Waals surface area contributed by atoms with Crippen LogP contribution >= 0.6 is 0 Å². The van der Waals surface area contributed by atoms with E-state index >= 15 is 0 Å². The zero-order valence-corrected chi connectivity index (χ0v) is 10.2. The lowest BCUT2D eigenvalue weighted by atomic mass is 10.1. The molecule has 1 saturated carbocycles. The molecule has 88 valence electrons. The fraction of sp³-hybridized carbons (Fsp3) is 0.615. The summed E-state index contributed by atoms with van der Waals surface area (Å²) in [7, 11) is 0. The number of rotatable bonds is 5. The lowest BCUT2D eigenvalue weighted by Gasteiger charge is -2.22. The Morgan fingerprint density at radius 2 is 2.31 bits per heavy atom. The maximum atomic E-state index is 5.89. The van der Waals surface area contributed by atoms with Crippen LogP contribution in [0.25, 0.3) is 0 Å². The molecule has 1 aliphatic carbocycles. The highest BCUT2D eigenvalue weighted by Gasteiger charge is 2.24. The average Bonchev–Trinajstić information content (AvgIpc) is 3.10. The summed E-state index contributed by atoms with van der Waals surface area (Å²) in [6, 6.07) is 4.21. The molecule has 0 aliphatic heterocycles.